The molecule has 0 N–H and O–H groups in total. The van der Waals surface area contributed by atoms with Crippen molar-refractivity contribution in [2.75, 3.05) is 69.1 Å². The number of hydrogen-bond donors (Lipinski definition) is 0. The molecule has 1 saturated heterocycles. The van der Waals surface area contributed by atoms with Crippen molar-refractivity contribution in [1.29, 1.82) is 0 Å². The predicted molar refractivity (Wildman–Crippen MR) is 120 cm³/mol. The van der Waals surface area contributed by atoms with E-state index >= 15 is 0 Å². The Kier molecular flexibility index (Phi) is 5.49. The van der Waals surface area contributed by atoms with E-state index in [9.17, 15) is 0 Å². The van der Waals surface area contributed by atoms with Crippen molar-refractivity contribution in [2.24, 2.45) is 0 Å². The van der Waals surface area contributed by atoms with E-state index in [1.807, 2.05) is 31.3 Å². The van der Waals surface area contributed by atoms with E-state index in [2.05, 4.69) is 64.1 Å². The highest BCUT2D eigenvalue weighted by atomic mass is 15.3. The van der Waals surface area contributed by atoms with Crippen LogP contribution in [-0.2, 0) is 6.54 Å². The Bertz CT molecular complexity index is 975. The van der Waals surface area contributed by atoms with Gasteiger partial charge in [-0.05, 0) is 19.2 Å². The Morgan fingerprint density at radius 2 is 1.72 bits per heavy atom. The van der Waals surface area contributed by atoms with Crippen LogP contribution in [0.25, 0.3) is 10.9 Å². The molecule has 152 valence electrons. The number of aromatic nitrogens is 3. The molecule has 1 fully saturated rings. The fourth-order valence-corrected chi connectivity index (χ4v) is 3.67. The fourth-order valence-electron chi connectivity index (χ4n) is 3.67. The van der Waals surface area contributed by atoms with Gasteiger partial charge in [0.15, 0.2) is 0 Å². The number of fused-ring (bicyclic) bond motifs is 1. The second kappa shape index (κ2) is 8.21. The minimum absolute atomic E-state index is 0.694. The third-order valence-corrected chi connectivity index (χ3v) is 5.40. The number of nitrogens with zero attached hydrogens (tertiary/aromatic N) is 7. The molecular formula is C22H29N7. The molecule has 1 aliphatic heterocycles. The van der Waals surface area contributed by atoms with E-state index in [1.165, 1.54) is 0 Å². The van der Waals surface area contributed by atoms with Crippen LogP contribution in [0.15, 0.2) is 42.6 Å². The first-order chi connectivity index (χ1) is 14.0. The first kappa shape index (κ1) is 19.4. The molecule has 7 nitrogen and oxygen atoms in total. The normalized spacial score (nSPS) is 15.0. The van der Waals surface area contributed by atoms with Crippen LogP contribution in [0.3, 0.4) is 0 Å². The molecule has 0 spiro atoms. The molecule has 0 bridgehead atoms. The molecule has 0 aliphatic carbocycles. The van der Waals surface area contributed by atoms with Crippen molar-refractivity contribution >= 4 is 28.4 Å². The minimum atomic E-state index is 0.694. The van der Waals surface area contributed by atoms with Crippen molar-refractivity contribution in [2.45, 2.75) is 6.54 Å². The highest BCUT2D eigenvalue weighted by Gasteiger charge is 2.18. The number of piperazine rings is 1. The zero-order chi connectivity index (χ0) is 20.4. The molecule has 0 unspecified atom stereocenters. The van der Waals surface area contributed by atoms with Crippen LogP contribution in [0, 0.1) is 0 Å². The third kappa shape index (κ3) is 4.24. The molecule has 3 heterocycles. The number of rotatable bonds is 5. The lowest BCUT2D eigenvalue weighted by Crippen LogP contribution is -2.45. The van der Waals surface area contributed by atoms with Crippen LogP contribution in [0.2, 0.25) is 0 Å². The van der Waals surface area contributed by atoms with E-state index in [4.69, 9.17) is 9.97 Å². The number of para-hydroxylation sites is 1. The first-order valence-corrected chi connectivity index (χ1v) is 10.0. The van der Waals surface area contributed by atoms with Crippen molar-refractivity contribution in [1.82, 2.24) is 19.9 Å². The maximum absolute atomic E-state index is 4.80. The van der Waals surface area contributed by atoms with Crippen molar-refractivity contribution in [3.8, 4) is 0 Å². The molecule has 0 amide bonds. The summed E-state index contributed by atoms with van der Waals surface area (Å²) in [5, 5.41) is 1.15. The summed E-state index contributed by atoms with van der Waals surface area (Å²) in [5.41, 5.74) is 3.13. The van der Waals surface area contributed by atoms with Gasteiger partial charge in [0.25, 0.3) is 0 Å². The van der Waals surface area contributed by atoms with Crippen LogP contribution >= 0.6 is 0 Å². The van der Waals surface area contributed by atoms with Gasteiger partial charge in [-0.15, -0.1) is 0 Å². The van der Waals surface area contributed by atoms with Gasteiger partial charge in [-0.1, -0.05) is 18.2 Å². The first-order valence-electron chi connectivity index (χ1n) is 10.0. The summed E-state index contributed by atoms with van der Waals surface area (Å²) < 4.78 is 0. The van der Waals surface area contributed by atoms with E-state index in [1.54, 1.807) is 0 Å². The largest absolute Gasteiger partial charge is 0.367 e. The van der Waals surface area contributed by atoms with Gasteiger partial charge in [0, 0.05) is 65.0 Å². The highest BCUT2D eigenvalue weighted by Crippen LogP contribution is 2.26. The molecule has 29 heavy (non-hydrogen) atoms. The Balaban J connectivity index is 1.63. The van der Waals surface area contributed by atoms with E-state index in [0.717, 1.165) is 60.2 Å². The van der Waals surface area contributed by atoms with Crippen LogP contribution in [-0.4, -0.2) is 74.2 Å². The number of benzene rings is 1. The van der Waals surface area contributed by atoms with E-state index in [-0.39, 0.29) is 0 Å². The van der Waals surface area contributed by atoms with Gasteiger partial charge in [-0.2, -0.15) is 4.98 Å². The molecule has 0 radical (unpaired) electrons. The maximum Gasteiger partial charge on any atom is 0.227 e. The van der Waals surface area contributed by atoms with E-state index in [0.29, 0.717) is 6.54 Å². The quantitative estimate of drug-likeness (QED) is 0.662. The van der Waals surface area contributed by atoms with Crippen LogP contribution in [0.1, 0.15) is 5.69 Å². The Hall–Kier alpha value is -2.93. The summed E-state index contributed by atoms with van der Waals surface area (Å²) in [6.45, 7) is 4.78. The smallest absolute Gasteiger partial charge is 0.227 e. The molecule has 1 aromatic carbocycles. The summed E-state index contributed by atoms with van der Waals surface area (Å²) in [5.74, 6) is 1.76. The lowest BCUT2D eigenvalue weighted by atomic mass is 10.1. The van der Waals surface area contributed by atoms with Crippen LogP contribution in [0.4, 0.5) is 17.5 Å². The Morgan fingerprint density at radius 1 is 0.966 bits per heavy atom. The van der Waals surface area contributed by atoms with Crippen LogP contribution < -0.4 is 14.7 Å². The van der Waals surface area contributed by atoms with Crippen molar-refractivity contribution < 1.29 is 0 Å². The van der Waals surface area contributed by atoms with E-state index < -0.39 is 0 Å². The molecule has 7 heteroatoms. The number of likely N-dealkylation sites (N-methyl/N-ethyl adjacent to an activating group) is 1. The van der Waals surface area contributed by atoms with Gasteiger partial charge in [0.2, 0.25) is 5.95 Å². The van der Waals surface area contributed by atoms with Crippen LogP contribution in [0.5, 0.6) is 0 Å². The van der Waals surface area contributed by atoms with Gasteiger partial charge < -0.3 is 19.6 Å². The summed E-state index contributed by atoms with van der Waals surface area (Å²) in [6.07, 6.45) is 1.85. The Labute approximate surface area is 172 Å². The minimum Gasteiger partial charge on any atom is -0.367 e. The van der Waals surface area contributed by atoms with Gasteiger partial charge in [-0.3, -0.25) is 4.98 Å². The fraction of sp³-hybridized carbons (Fsp3) is 0.409. The van der Waals surface area contributed by atoms with Gasteiger partial charge in [0.1, 0.15) is 5.82 Å². The Morgan fingerprint density at radius 3 is 2.48 bits per heavy atom. The second-order valence-corrected chi connectivity index (χ2v) is 7.91. The SMILES string of the molecule is CN1CCN(c2cc(CN(C)c3cccc4cccnc34)nc(N(C)C)n2)CC1. The molecule has 4 rings (SSSR count). The highest BCUT2D eigenvalue weighted by molar-refractivity contribution is 5.90. The topological polar surface area (TPSA) is 51.6 Å². The maximum atomic E-state index is 4.80. The van der Waals surface area contributed by atoms with Gasteiger partial charge in [-0.25, -0.2) is 4.98 Å². The monoisotopic (exact) mass is 391 g/mol. The average molecular weight is 392 g/mol. The lowest BCUT2D eigenvalue weighted by Gasteiger charge is -2.33. The zero-order valence-electron chi connectivity index (χ0n) is 17.7. The van der Waals surface area contributed by atoms with Gasteiger partial charge >= 0.3 is 0 Å². The molecule has 2 aromatic heterocycles. The second-order valence-electron chi connectivity index (χ2n) is 7.91. The molecule has 1 aliphatic rings. The summed E-state index contributed by atoms with van der Waals surface area (Å²) in [4.78, 5) is 23.1. The predicted octanol–water partition coefficient (Wildman–Crippen LogP) is 2.48. The third-order valence-electron chi connectivity index (χ3n) is 5.40. The number of pyridine rings is 1. The lowest BCUT2D eigenvalue weighted by molar-refractivity contribution is 0.312. The summed E-state index contributed by atoms with van der Waals surface area (Å²) in [6, 6.07) is 12.5. The number of anilines is 3. The number of hydrogen-bond acceptors (Lipinski definition) is 7. The van der Waals surface area contributed by atoms with Gasteiger partial charge in [0.05, 0.1) is 23.4 Å². The average Bonchev–Trinajstić information content (AvgIpc) is 2.73. The zero-order valence-corrected chi connectivity index (χ0v) is 17.7. The molecule has 0 saturated carbocycles. The van der Waals surface area contributed by atoms with Crippen molar-refractivity contribution in [3.05, 3.63) is 48.3 Å². The van der Waals surface area contributed by atoms with Crippen molar-refractivity contribution in [3.63, 3.8) is 0 Å². The molecular weight excluding hydrogens is 362 g/mol. The summed E-state index contributed by atoms with van der Waals surface area (Å²) >= 11 is 0. The molecule has 3 aromatic rings. The standard InChI is InChI=1S/C22H29N7/c1-26(2)22-24-18(15-20(25-22)29-13-11-27(3)12-14-29)16-28(4)19-9-5-7-17-8-6-10-23-21(17)19/h5-10,15H,11-14,16H2,1-4H3. The summed E-state index contributed by atoms with van der Waals surface area (Å²) in [7, 11) is 8.24. The molecule has 0 atom stereocenters.